The lowest BCUT2D eigenvalue weighted by Gasteiger charge is -2.29. The van der Waals surface area contributed by atoms with E-state index in [9.17, 15) is 0 Å². The molecule has 30 rings (SSSR count). The first-order valence-electron chi connectivity index (χ1n) is 49.5. The fraction of sp³-hybridized carbons (Fsp3) is 0. The predicted molar refractivity (Wildman–Crippen MR) is 612 cm³/mol. The summed E-state index contributed by atoms with van der Waals surface area (Å²) >= 11 is 0. The van der Waals surface area contributed by atoms with Gasteiger partial charge in [-0.2, -0.15) is 0 Å². The zero-order chi connectivity index (χ0) is 95.5. The van der Waals surface area contributed by atoms with Crippen molar-refractivity contribution in [3.8, 4) is 44.5 Å². The van der Waals surface area contributed by atoms with E-state index in [0.717, 1.165) is 156 Å². The van der Waals surface area contributed by atoms with E-state index in [0.29, 0.717) is 0 Å². The molecule has 0 aliphatic carbocycles. The highest BCUT2D eigenvalue weighted by Gasteiger charge is 2.29. The van der Waals surface area contributed by atoms with Gasteiger partial charge in [0.1, 0.15) is 39.1 Å². The highest BCUT2D eigenvalue weighted by Crippen LogP contribution is 2.54. The van der Waals surface area contributed by atoms with Gasteiger partial charge in [0.15, 0.2) is 5.58 Å². The zero-order valence-corrected chi connectivity index (χ0v) is 78.7. The first kappa shape index (κ1) is 83.8. The fourth-order valence-corrected chi connectivity index (χ4v) is 22.5. The summed E-state index contributed by atoms with van der Waals surface area (Å²) in [5, 5.41) is 30.9. The molecule has 26 aromatic carbocycles. The largest absolute Gasteiger partial charge is 0.456 e. The molecule has 0 fully saturated rings. The summed E-state index contributed by atoms with van der Waals surface area (Å²) in [6.07, 6.45) is 0. The summed E-state index contributed by atoms with van der Waals surface area (Å²) in [5.74, 6) is 0. The third-order valence-corrected chi connectivity index (χ3v) is 29.2. The quantitative estimate of drug-likeness (QED) is 0.107. The number of benzene rings is 26. The minimum Gasteiger partial charge on any atom is -0.456 e. The molecule has 4 heterocycles. The molecule has 678 valence electrons. The van der Waals surface area contributed by atoms with Gasteiger partial charge in [-0.25, -0.2) is 0 Å². The Morgan fingerprint density at radius 3 is 1.13 bits per heavy atom. The van der Waals surface area contributed by atoms with E-state index < -0.39 is 0 Å². The number of rotatable bonds is 13. The SMILES string of the molecule is c1ccc(-c2ccc(N(c3ccccc3)c3cccc(-c4cc5oc6ccccc6c5c5c4ccc4ccccc45)c3)cc2)cc1.c1ccc(-c2cccc(N(c3ccc(-c4ccc5ccccc5c4)cc3)c3cc4ccc5ccccc5c4c4c3oc3ccccc34)c2)cc1.c1ccc2c(c1)cc(N(c1ccc3oc4ccccc4c3c1)c1cc3oc4ccccc4c3c3c1ccc1ccccc13)c1ccccc12. The van der Waals surface area contributed by atoms with Crippen LogP contribution in [0.4, 0.5) is 51.2 Å². The zero-order valence-electron chi connectivity index (χ0n) is 78.7. The van der Waals surface area contributed by atoms with Gasteiger partial charge in [0.2, 0.25) is 0 Å². The summed E-state index contributed by atoms with van der Waals surface area (Å²) in [4.78, 5) is 7.12. The van der Waals surface area contributed by atoms with Gasteiger partial charge in [0, 0.05) is 110 Å². The van der Waals surface area contributed by atoms with Crippen molar-refractivity contribution in [1.82, 2.24) is 0 Å². The Morgan fingerprint density at radius 2 is 0.490 bits per heavy atom. The number of anilines is 9. The molecule has 0 atom stereocenters. The lowest BCUT2D eigenvalue weighted by Crippen LogP contribution is -2.11. The molecule has 0 aliphatic heterocycles. The fourth-order valence-electron chi connectivity index (χ4n) is 22.5. The molecule has 0 aliphatic rings. The maximum absolute atomic E-state index is 6.87. The van der Waals surface area contributed by atoms with Crippen LogP contribution < -0.4 is 14.7 Å². The van der Waals surface area contributed by atoms with Gasteiger partial charge in [-0.1, -0.05) is 394 Å². The van der Waals surface area contributed by atoms with Crippen molar-refractivity contribution in [3.63, 3.8) is 0 Å². The van der Waals surface area contributed by atoms with Gasteiger partial charge in [-0.15, -0.1) is 0 Å². The van der Waals surface area contributed by atoms with Crippen molar-refractivity contribution >= 4 is 236 Å². The lowest BCUT2D eigenvalue weighted by molar-refractivity contribution is 0.668. The van der Waals surface area contributed by atoms with Crippen molar-refractivity contribution in [3.05, 3.63) is 528 Å². The number of hydrogen-bond donors (Lipinski definition) is 0. The van der Waals surface area contributed by atoms with Gasteiger partial charge >= 0.3 is 0 Å². The number of furan rings is 4. The van der Waals surface area contributed by atoms with Gasteiger partial charge < -0.3 is 32.4 Å². The molecule has 0 saturated carbocycles. The van der Waals surface area contributed by atoms with Crippen LogP contribution in [0.1, 0.15) is 0 Å². The van der Waals surface area contributed by atoms with Gasteiger partial charge in [0.05, 0.1) is 17.1 Å². The van der Waals surface area contributed by atoms with E-state index in [4.69, 9.17) is 17.7 Å². The Kier molecular flexibility index (Phi) is 20.2. The van der Waals surface area contributed by atoms with Crippen LogP contribution in [0.15, 0.2) is 545 Å². The maximum atomic E-state index is 6.87. The Balaban J connectivity index is 0.000000106. The average Bonchev–Trinajstić information content (AvgIpc) is 1.63. The second-order valence-corrected chi connectivity index (χ2v) is 37.5. The molecule has 4 aromatic heterocycles. The van der Waals surface area contributed by atoms with Crippen LogP contribution in [-0.2, 0) is 0 Å². The van der Waals surface area contributed by atoms with Crippen molar-refractivity contribution < 1.29 is 17.7 Å². The number of para-hydroxylation sites is 5. The molecule has 0 saturated heterocycles. The first-order valence-corrected chi connectivity index (χ1v) is 49.5. The van der Waals surface area contributed by atoms with Gasteiger partial charge in [-0.3, -0.25) is 0 Å². The molecular weight excluding hydrogens is 1760 g/mol. The summed E-state index contributed by atoms with van der Waals surface area (Å²) in [6, 6.07) is 188. The van der Waals surface area contributed by atoms with Crippen LogP contribution in [0.3, 0.4) is 0 Å². The monoisotopic (exact) mass is 1850 g/mol. The van der Waals surface area contributed by atoms with E-state index in [1.165, 1.54) is 125 Å². The number of hydrogen-bond acceptors (Lipinski definition) is 7. The minimum atomic E-state index is 0.866. The molecule has 7 heteroatoms. The summed E-state index contributed by atoms with van der Waals surface area (Å²) in [5.41, 5.74) is 26.1. The molecular formula is C138H87N3O4. The molecule has 145 heavy (non-hydrogen) atoms. The first-order chi connectivity index (χ1) is 71.9. The van der Waals surface area contributed by atoms with E-state index in [-0.39, 0.29) is 0 Å². The van der Waals surface area contributed by atoms with Crippen molar-refractivity contribution in [2.24, 2.45) is 0 Å². The van der Waals surface area contributed by atoms with Crippen LogP contribution in [0.2, 0.25) is 0 Å². The van der Waals surface area contributed by atoms with E-state index in [1.807, 2.05) is 24.3 Å². The molecule has 0 bridgehead atoms. The molecule has 0 radical (unpaired) electrons. The van der Waals surface area contributed by atoms with Crippen LogP contribution >= 0.6 is 0 Å². The Morgan fingerprint density at radius 1 is 0.124 bits per heavy atom. The predicted octanol–water partition coefficient (Wildman–Crippen LogP) is 40.1. The number of fused-ring (bicyclic) bond motifs is 28. The third-order valence-electron chi connectivity index (χ3n) is 29.2. The lowest BCUT2D eigenvalue weighted by atomic mass is 9.91. The van der Waals surface area contributed by atoms with Crippen molar-refractivity contribution in [1.29, 1.82) is 0 Å². The summed E-state index contributed by atoms with van der Waals surface area (Å²) < 4.78 is 26.4. The van der Waals surface area contributed by atoms with Crippen molar-refractivity contribution in [2.75, 3.05) is 14.7 Å². The maximum Gasteiger partial charge on any atom is 0.160 e. The highest BCUT2D eigenvalue weighted by molar-refractivity contribution is 6.33. The summed E-state index contributed by atoms with van der Waals surface area (Å²) in [7, 11) is 0. The minimum absolute atomic E-state index is 0.866. The van der Waals surface area contributed by atoms with Gasteiger partial charge in [0.25, 0.3) is 0 Å². The van der Waals surface area contributed by atoms with Crippen LogP contribution in [0.5, 0.6) is 0 Å². The smallest absolute Gasteiger partial charge is 0.160 e. The standard InChI is InChI=1S/C48H31NO.C46H27NO2.C44H29NO/c1-2-11-32(12-3-1)37-16-10-17-41(30-37)49(40-27-25-34(26-28-40)38-23-21-33-13-4-5-15-36(33)29-38)44-31-39-24-22-35-14-6-7-18-42(35)46(39)47-43-19-8-9-20-45(43)50-48(44)47;1-4-14-32-28(11-1)21-23-36-40(27-44-46(45(32)36)37-18-8-10-20-42(37)49-44)47(30-22-24-43-38(26-30)35-17-7-9-19-41(35)48-43)39-25-29-12-2-3-13-31(29)33-15-5-6-16-34(33)39;1-3-12-30(13-4-1)31-22-25-35(26-23-31)45(34-16-5-2-6-17-34)36-18-11-15-33(28-36)40-29-42-44(39-20-9-10-21-41(39)46-42)43-37-19-8-7-14-32(37)24-27-38(40)43/h1-31H;1-27H;1-29H. The molecule has 0 unspecified atom stereocenters. The highest BCUT2D eigenvalue weighted by atomic mass is 16.3. The van der Waals surface area contributed by atoms with Crippen molar-refractivity contribution in [2.45, 2.75) is 0 Å². The Bertz CT molecular complexity index is 10400. The van der Waals surface area contributed by atoms with E-state index >= 15 is 0 Å². The van der Waals surface area contributed by atoms with E-state index in [1.54, 1.807) is 0 Å². The average molecular weight is 1850 g/mol. The Hall–Kier alpha value is -19.3. The molecule has 0 amide bonds. The van der Waals surface area contributed by atoms with Crippen LogP contribution in [-0.4, -0.2) is 0 Å². The summed E-state index contributed by atoms with van der Waals surface area (Å²) in [6.45, 7) is 0. The normalized spacial score (nSPS) is 11.7. The number of nitrogens with zero attached hydrogens (tertiary/aromatic N) is 3. The van der Waals surface area contributed by atoms with Crippen LogP contribution in [0, 0.1) is 0 Å². The molecule has 0 spiro atoms. The third kappa shape index (κ3) is 14.5. The second kappa shape index (κ2) is 34.9. The van der Waals surface area contributed by atoms with Gasteiger partial charge in [-0.05, 0) is 242 Å². The van der Waals surface area contributed by atoms with Crippen LogP contribution in [0.25, 0.3) is 229 Å². The molecule has 30 aromatic rings. The second-order valence-electron chi connectivity index (χ2n) is 37.5. The molecule has 0 N–H and O–H groups in total. The Labute approximate surface area is 834 Å². The molecule has 7 nitrogen and oxygen atoms in total. The topological polar surface area (TPSA) is 62.3 Å². The van der Waals surface area contributed by atoms with E-state index in [2.05, 4.69) is 518 Å².